The van der Waals surface area contributed by atoms with E-state index in [0.717, 1.165) is 62.8 Å². The van der Waals surface area contributed by atoms with Gasteiger partial charge in [-0.05, 0) is 160 Å². The van der Waals surface area contributed by atoms with Gasteiger partial charge in [0.2, 0.25) is 11.4 Å². The Morgan fingerprint density at radius 2 is 0.564 bits per heavy atom. The van der Waals surface area contributed by atoms with Crippen LogP contribution < -0.4 is 0 Å². The molecule has 0 fully saturated rings. The van der Waals surface area contributed by atoms with E-state index >= 15 is 0 Å². The monoisotopic (exact) mass is 1070 g/mol. The van der Waals surface area contributed by atoms with Crippen LogP contribution in [0.4, 0.5) is 0 Å². The van der Waals surface area contributed by atoms with Gasteiger partial charge in [0.25, 0.3) is 0 Å². The lowest BCUT2D eigenvalue weighted by Crippen LogP contribution is -2.09. The topological polar surface area (TPSA) is 25.3 Å². The maximum atomic E-state index is 13.2. The number of allylic oxidation sites excluding steroid dienone is 4. The summed E-state index contributed by atoms with van der Waals surface area (Å²) in [6, 6.07) is 10.2. The zero-order valence-corrected chi connectivity index (χ0v) is 53.7. The normalized spacial score (nSPS) is 13.0. The minimum Gasteiger partial charge on any atom is -0.493 e. The molecular formula is C76H130N2. The first-order valence-electron chi connectivity index (χ1n) is 35.4. The molecule has 444 valence electrons. The molecule has 2 nitrogen and oxygen atoms in total. The Balaban J connectivity index is 1.80. The largest absolute Gasteiger partial charge is 0.493 e. The van der Waals surface area contributed by atoms with Crippen LogP contribution in [0.15, 0.2) is 47.6 Å². The van der Waals surface area contributed by atoms with E-state index in [1.807, 2.05) is 0 Å². The second-order valence-electron chi connectivity index (χ2n) is 24.9. The molecule has 78 heavy (non-hydrogen) atoms. The molecular weight excluding hydrogens is 941 g/mol. The number of unbranched alkanes of at least 4 members (excludes halogenated alkanes) is 35. The Labute approximate surface area is 487 Å². The number of hydrogen-bond acceptors (Lipinski definition) is 0. The standard InChI is InChI=1S/C76H130N2/c1-9-17-25-28-29-30-31-32-33-34-35-36-37-38-39-40-41-42-43-44-45-46-47-48-49-52-60-74-73(57-24-16-8)75(69-61-65(53-20-12-4)71(58-50-26-18-10-2)66(62-69)54-21-13-5)78(77)76(74)70-63-67(55-22-14-6)72(59-51-27-19-11-3)68(64-70)56-23-15-7/h52,60-64H,9-51,53-59H2,1-8H3. The number of aryl methyl sites for hydroxylation is 4. The van der Waals surface area contributed by atoms with Crippen molar-refractivity contribution in [2.75, 3.05) is 0 Å². The van der Waals surface area contributed by atoms with E-state index in [4.69, 9.17) is 0 Å². The average molecular weight is 1070 g/mol. The average Bonchev–Trinajstić information content (AvgIpc) is 3.99. The first-order chi connectivity index (χ1) is 38.4. The molecule has 0 spiro atoms. The Bertz CT molecular complexity index is 1860. The zero-order chi connectivity index (χ0) is 56.1. The molecule has 0 unspecified atom stereocenters. The van der Waals surface area contributed by atoms with Crippen LogP contribution in [0.5, 0.6) is 0 Å². The molecule has 0 saturated heterocycles. The zero-order valence-electron chi connectivity index (χ0n) is 53.7. The third-order valence-corrected chi connectivity index (χ3v) is 17.8. The van der Waals surface area contributed by atoms with Gasteiger partial charge in [0.05, 0.1) is 5.57 Å². The van der Waals surface area contributed by atoms with E-state index < -0.39 is 0 Å². The third kappa shape index (κ3) is 27.8. The molecule has 2 aromatic rings. The van der Waals surface area contributed by atoms with Gasteiger partial charge in [-0.3, -0.25) is 0 Å². The van der Waals surface area contributed by atoms with E-state index in [1.165, 1.54) is 292 Å². The quantitative estimate of drug-likeness (QED) is 0.0466. The Kier molecular flexibility index (Phi) is 41.7. The van der Waals surface area contributed by atoms with Gasteiger partial charge < -0.3 is 5.53 Å². The number of hydrogen-bond donors (Lipinski definition) is 0. The maximum absolute atomic E-state index is 13.2. The van der Waals surface area contributed by atoms with E-state index in [9.17, 15) is 5.53 Å². The van der Waals surface area contributed by atoms with Crippen molar-refractivity contribution in [2.24, 2.45) is 0 Å². The van der Waals surface area contributed by atoms with Gasteiger partial charge in [-0.15, -0.1) is 0 Å². The molecule has 0 aromatic heterocycles. The van der Waals surface area contributed by atoms with Crippen molar-refractivity contribution in [1.29, 1.82) is 0 Å². The second-order valence-corrected chi connectivity index (χ2v) is 24.9. The highest BCUT2D eigenvalue weighted by atomic mass is 15.2. The summed E-state index contributed by atoms with van der Waals surface area (Å²) in [4.78, 5) is 0. The van der Waals surface area contributed by atoms with E-state index in [2.05, 4.69) is 91.8 Å². The minimum atomic E-state index is 0.986. The highest BCUT2D eigenvalue weighted by Gasteiger charge is 2.36. The van der Waals surface area contributed by atoms with Crippen LogP contribution in [0.1, 0.15) is 382 Å². The molecule has 0 N–H and O–H groups in total. The summed E-state index contributed by atoms with van der Waals surface area (Å²) in [6.07, 6.45) is 70.5. The summed E-state index contributed by atoms with van der Waals surface area (Å²) in [6.45, 7) is 18.7. The number of rotatable bonds is 53. The summed E-state index contributed by atoms with van der Waals surface area (Å²) in [7, 11) is 0. The number of benzene rings is 2. The molecule has 2 aromatic carbocycles. The number of nitrogens with zero attached hydrogens (tertiary/aromatic N) is 2. The van der Waals surface area contributed by atoms with Crippen molar-refractivity contribution in [1.82, 2.24) is 0 Å². The maximum Gasteiger partial charge on any atom is 0.215 e. The molecule has 0 saturated carbocycles. The van der Waals surface area contributed by atoms with Gasteiger partial charge in [0.1, 0.15) is 0 Å². The van der Waals surface area contributed by atoms with Gasteiger partial charge in [0.15, 0.2) is 0 Å². The van der Waals surface area contributed by atoms with Gasteiger partial charge in [-0.1, -0.05) is 286 Å². The summed E-state index contributed by atoms with van der Waals surface area (Å²) in [5, 5.41) is 0. The fourth-order valence-electron chi connectivity index (χ4n) is 12.7. The van der Waals surface area contributed by atoms with Crippen LogP contribution >= 0.6 is 0 Å². The molecule has 0 bridgehead atoms. The van der Waals surface area contributed by atoms with Crippen molar-refractivity contribution in [3.63, 3.8) is 0 Å². The second kappa shape index (κ2) is 46.8. The van der Waals surface area contributed by atoms with Gasteiger partial charge in [-0.25, -0.2) is 4.70 Å². The van der Waals surface area contributed by atoms with Crippen molar-refractivity contribution in [3.05, 3.63) is 97.6 Å². The molecule has 3 rings (SSSR count). The van der Waals surface area contributed by atoms with Crippen LogP contribution in [-0.2, 0) is 38.5 Å². The first kappa shape index (κ1) is 69.5. The molecule has 1 aliphatic rings. The van der Waals surface area contributed by atoms with Gasteiger partial charge in [0, 0.05) is 16.7 Å². The van der Waals surface area contributed by atoms with E-state index in [0.29, 0.717) is 0 Å². The van der Waals surface area contributed by atoms with Crippen molar-refractivity contribution < 1.29 is 4.70 Å². The first-order valence-corrected chi connectivity index (χ1v) is 35.4. The lowest BCUT2D eigenvalue weighted by Gasteiger charge is -2.20. The van der Waals surface area contributed by atoms with Crippen LogP contribution in [0.2, 0.25) is 0 Å². The van der Waals surface area contributed by atoms with Crippen LogP contribution in [0.25, 0.3) is 16.9 Å². The lowest BCUT2D eigenvalue weighted by atomic mass is 9.86. The van der Waals surface area contributed by atoms with Crippen LogP contribution in [0, 0.1) is 0 Å². The van der Waals surface area contributed by atoms with E-state index in [1.54, 1.807) is 38.1 Å². The summed E-state index contributed by atoms with van der Waals surface area (Å²) in [5.41, 5.74) is 29.8. The highest BCUT2D eigenvalue weighted by Crippen LogP contribution is 2.45. The minimum absolute atomic E-state index is 0.986. The Morgan fingerprint density at radius 1 is 0.295 bits per heavy atom. The van der Waals surface area contributed by atoms with Gasteiger partial charge >= 0.3 is 0 Å². The van der Waals surface area contributed by atoms with E-state index in [-0.39, 0.29) is 0 Å². The molecule has 0 aliphatic carbocycles. The lowest BCUT2D eigenvalue weighted by molar-refractivity contribution is -0.345. The molecule has 0 radical (unpaired) electrons. The SMILES string of the molecule is CCCCCCCCCCCCCCCCCCCCCCCCCCC=CC1=C(c2cc(CCCC)c(CCCCCC)c(CCCC)c2)[N+](=[N-])C(c2cc(CCCC)c(CCCCCC)c(CCCC)c2)=C1CCCC. The third-order valence-electron chi connectivity index (χ3n) is 17.8. The fraction of sp³-hybridized carbons (Fsp3) is 0.763. The molecule has 2 heteroatoms. The summed E-state index contributed by atoms with van der Waals surface area (Å²) >= 11 is 0. The molecule has 0 amide bonds. The van der Waals surface area contributed by atoms with Crippen molar-refractivity contribution in [2.45, 2.75) is 376 Å². The van der Waals surface area contributed by atoms with Crippen molar-refractivity contribution in [3.8, 4) is 0 Å². The molecule has 1 heterocycles. The van der Waals surface area contributed by atoms with Crippen LogP contribution in [-0.4, -0.2) is 4.70 Å². The van der Waals surface area contributed by atoms with Crippen molar-refractivity contribution >= 4 is 11.4 Å². The summed E-state index contributed by atoms with van der Waals surface area (Å²) in [5.74, 6) is 0. The predicted octanol–water partition coefficient (Wildman–Crippen LogP) is 26.0. The predicted molar refractivity (Wildman–Crippen MR) is 350 cm³/mol. The highest BCUT2D eigenvalue weighted by molar-refractivity contribution is 5.85. The molecule has 0 atom stereocenters. The summed E-state index contributed by atoms with van der Waals surface area (Å²) < 4.78 is 1.72. The smallest absolute Gasteiger partial charge is 0.215 e. The fourth-order valence-corrected chi connectivity index (χ4v) is 12.7. The Hall–Kier alpha value is -2.74. The van der Waals surface area contributed by atoms with Gasteiger partial charge in [-0.2, -0.15) is 0 Å². The Morgan fingerprint density at radius 3 is 0.885 bits per heavy atom. The molecule has 1 aliphatic heterocycles. The van der Waals surface area contributed by atoms with Crippen LogP contribution in [0.3, 0.4) is 0 Å².